The third-order valence-electron chi connectivity index (χ3n) is 9.80. The van der Waals surface area contributed by atoms with Crippen molar-refractivity contribution in [1.82, 2.24) is 0 Å². The van der Waals surface area contributed by atoms with Crippen LogP contribution < -0.4 is 16.2 Å². The number of rotatable bonds is 3. The van der Waals surface area contributed by atoms with Crippen LogP contribution in [0.5, 0.6) is 0 Å². The van der Waals surface area contributed by atoms with Gasteiger partial charge in [0.05, 0.1) is 0 Å². The van der Waals surface area contributed by atoms with Crippen LogP contribution in [-0.2, 0) is 12.8 Å². The summed E-state index contributed by atoms with van der Waals surface area (Å²) in [4.78, 5) is 0. The Bertz CT molecular complexity index is 1960. The van der Waals surface area contributed by atoms with Crippen LogP contribution >= 0.6 is 0 Å². The average Bonchev–Trinajstić information content (AvgIpc) is 3.05. The highest BCUT2D eigenvalue weighted by Crippen LogP contribution is 2.44. The van der Waals surface area contributed by atoms with Crippen LogP contribution in [-0.4, -0.2) is 0 Å². The van der Waals surface area contributed by atoms with Gasteiger partial charge in [0.1, 0.15) is 0 Å². The molecule has 4 aliphatic rings. The molecule has 1 unspecified atom stereocenters. The van der Waals surface area contributed by atoms with E-state index >= 15 is 0 Å². The molecule has 0 fully saturated rings. The SMILES string of the molecule is NC1=Cc2c(c3c(c4ccccc24)C=C(C2=c4ccccc4=C(C4=CC=CCC4)CC2)CC3)CC1c1ccccc1. The summed E-state index contributed by atoms with van der Waals surface area (Å²) in [6, 6.07) is 28.9. The average molecular weight is 530 g/mol. The van der Waals surface area contributed by atoms with Gasteiger partial charge in [-0.1, -0.05) is 103 Å². The number of allylic oxidation sites excluding steroid dienone is 6. The van der Waals surface area contributed by atoms with E-state index < -0.39 is 0 Å². The van der Waals surface area contributed by atoms with Crippen molar-refractivity contribution in [2.24, 2.45) is 5.73 Å². The zero-order chi connectivity index (χ0) is 27.3. The molecule has 0 amide bonds. The Balaban J connectivity index is 1.32. The second-order valence-electron chi connectivity index (χ2n) is 12.0. The summed E-state index contributed by atoms with van der Waals surface area (Å²) in [7, 11) is 0. The van der Waals surface area contributed by atoms with E-state index in [1.807, 2.05) is 0 Å². The van der Waals surface area contributed by atoms with Crippen molar-refractivity contribution in [3.05, 3.63) is 152 Å². The molecule has 0 aliphatic heterocycles. The molecule has 4 aliphatic carbocycles. The second kappa shape index (κ2) is 9.93. The van der Waals surface area contributed by atoms with Crippen molar-refractivity contribution in [3.8, 4) is 0 Å². The van der Waals surface area contributed by atoms with E-state index in [1.165, 1.54) is 60.2 Å². The summed E-state index contributed by atoms with van der Waals surface area (Å²) >= 11 is 0. The van der Waals surface area contributed by atoms with Gasteiger partial charge in [0.25, 0.3) is 0 Å². The third kappa shape index (κ3) is 4.06. The molecule has 0 bridgehead atoms. The van der Waals surface area contributed by atoms with Crippen molar-refractivity contribution >= 4 is 34.1 Å². The van der Waals surface area contributed by atoms with Gasteiger partial charge in [-0.2, -0.15) is 0 Å². The van der Waals surface area contributed by atoms with Gasteiger partial charge in [0.2, 0.25) is 0 Å². The molecule has 0 aromatic heterocycles. The maximum Gasteiger partial charge on any atom is 0.0276 e. The fourth-order valence-electron chi connectivity index (χ4n) is 7.83. The van der Waals surface area contributed by atoms with Gasteiger partial charge in [0, 0.05) is 11.6 Å². The lowest BCUT2D eigenvalue weighted by Crippen LogP contribution is -2.33. The largest absolute Gasteiger partial charge is 0.402 e. The Hall–Kier alpha value is -4.36. The first-order valence-corrected chi connectivity index (χ1v) is 15.2. The minimum atomic E-state index is 0.233. The highest BCUT2D eigenvalue weighted by molar-refractivity contribution is 6.01. The van der Waals surface area contributed by atoms with E-state index in [-0.39, 0.29) is 5.92 Å². The van der Waals surface area contributed by atoms with E-state index in [4.69, 9.17) is 5.73 Å². The summed E-state index contributed by atoms with van der Waals surface area (Å²) in [5, 5.41) is 5.58. The lowest BCUT2D eigenvalue weighted by Gasteiger charge is -2.31. The summed E-state index contributed by atoms with van der Waals surface area (Å²) in [5.74, 6) is 0.233. The van der Waals surface area contributed by atoms with Crippen molar-refractivity contribution in [2.45, 2.75) is 50.9 Å². The fraction of sp³-hybridized carbons (Fsp3) is 0.200. The monoisotopic (exact) mass is 529 g/mol. The summed E-state index contributed by atoms with van der Waals surface area (Å²) in [6.45, 7) is 0. The number of fused-ring (bicyclic) bond motifs is 7. The predicted molar refractivity (Wildman–Crippen MR) is 173 cm³/mol. The molecule has 4 aromatic rings. The van der Waals surface area contributed by atoms with Gasteiger partial charge >= 0.3 is 0 Å². The molecule has 2 N–H and O–H groups in total. The Kier molecular flexibility index (Phi) is 5.92. The Morgan fingerprint density at radius 1 is 0.585 bits per heavy atom. The molecule has 41 heavy (non-hydrogen) atoms. The standard InChI is InChI=1S/C40H35N/c41-40-25-39-34-18-10-9-17-33(34)37-23-28(19-20-35(37)38(39)24-36(40)27-13-5-2-6-14-27)30-22-21-29(26-11-3-1-4-12-26)31-15-7-8-16-32(30)31/h1-3,5-11,13-18,23,25,36H,4,12,19-22,24,41H2. The Labute approximate surface area is 242 Å². The maximum atomic E-state index is 6.76. The summed E-state index contributed by atoms with van der Waals surface area (Å²) in [5.41, 5.74) is 21.0. The first-order valence-electron chi connectivity index (χ1n) is 15.2. The number of hydrogen-bond donors (Lipinski definition) is 1. The lowest BCUT2D eigenvalue weighted by atomic mass is 9.74. The Morgan fingerprint density at radius 2 is 1.24 bits per heavy atom. The van der Waals surface area contributed by atoms with Crippen LogP contribution in [0, 0.1) is 0 Å². The molecule has 4 aromatic carbocycles. The van der Waals surface area contributed by atoms with E-state index in [2.05, 4.69) is 109 Å². The number of hydrogen-bond acceptors (Lipinski definition) is 1. The van der Waals surface area contributed by atoms with Crippen LogP contribution in [0.15, 0.2) is 114 Å². The predicted octanol–water partition coefficient (Wildman–Crippen LogP) is 7.88. The van der Waals surface area contributed by atoms with Gasteiger partial charge in [-0.15, -0.1) is 0 Å². The molecule has 0 spiro atoms. The quantitative estimate of drug-likeness (QED) is 0.287. The molecule has 0 heterocycles. The van der Waals surface area contributed by atoms with E-state index in [9.17, 15) is 0 Å². The highest BCUT2D eigenvalue weighted by Gasteiger charge is 2.29. The normalized spacial score (nSPS) is 19.6. The van der Waals surface area contributed by atoms with Crippen molar-refractivity contribution in [1.29, 1.82) is 0 Å². The lowest BCUT2D eigenvalue weighted by molar-refractivity contribution is 0.755. The number of benzene rings is 4. The topological polar surface area (TPSA) is 26.0 Å². The zero-order valence-electron chi connectivity index (χ0n) is 23.5. The summed E-state index contributed by atoms with van der Waals surface area (Å²) in [6.07, 6.45) is 19.4. The van der Waals surface area contributed by atoms with Gasteiger partial charge in [0.15, 0.2) is 0 Å². The van der Waals surface area contributed by atoms with Gasteiger partial charge in [-0.3, -0.25) is 0 Å². The molecule has 200 valence electrons. The minimum Gasteiger partial charge on any atom is -0.402 e. The number of nitrogens with two attached hydrogens (primary N) is 1. The molecular formula is C40H35N. The summed E-state index contributed by atoms with van der Waals surface area (Å²) < 4.78 is 0. The first kappa shape index (κ1) is 24.4. The minimum absolute atomic E-state index is 0.233. The maximum absolute atomic E-state index is 6.76. The van der Waals surface area contributed by atoms with Gasteiger partial charge in [-0.05, 0) is 122 Å². The smallest absolute Gasteiger partial charge is 0.0276 e. The van der Waals surface area contributed by atoms with Crippen LogP contribution in [0.1, 0.15) is 65.8 Å². The first-order chi connectivity index (χ1) is 20.3. The molecule has 1 nitrogen and oxygen atoms in total. The molecule has 0 saturated carbocycles. The van der Waals surface area contributed by atoms with E-state index in [0.29, 0.717) is 0 Å². The van der Waals surface area contributed by atoms with Crippen LogP contribution in [0.3, 0.4) is 0 Å². The fourth-order valence-corrected chi connectivity index (χ4v) is 7.83. The molecular weight excluding hydrogens is 494 g/mol. The van der Waals surface area contributed by atoms with Crippen LogP contribution in [0.25, 0.3) is 34.1 Å². The van der Waals surface area contributed by atoms with Crippen LogP contribution in [0.4, 0.5) is 0 Å². The molecule has 0 saturated heterocycles. The van der Waals surface area contributed by atoms with Gasteiger partial charge in [-0.25, -0.2) is 0 Å². The Morgan fingerprint density at radius 3 is 1.95 bits per heavy atom. The third-order valence-corrected chi connectivity index (χ3v) is 9.80. The van der Waals surface area contributed by atoms with Crippen LogP contribution in [0.2, 0.25) is 0 Å². The van der Waals surface area contributed by atoms with E-state index in [0.717, 1.165) is 50.6 Å². The van der Waals surface area contributed by atoms with Crippen molar-refractivity contribution in [3.63, 3.8) is 0 Å². The van der Waals surface area contributed by atoms with E-state index in [1.54, 1.807) is 11.1 Å². The highest BCUT2D eigenvalue weighted by atomic mass is 14.6. The van der Waals surface area contributed by atoms with Crippen molar-refractivity contribution in [2.75, 3.05) is 0 Å². The molecule has 1 atom stereocenters. The second-order valence-corrected chi connectivity index (χ2v) is 12.0. The van der Waals surface area contributed by atoms with Gasteiger partial charge < -0.3 is 5.73 Å². The molecule has 0 radical (unpaired) electrons. The van der Waals surface area contributed by atoms with Crippen molar-refractivity contribution < 1.29 is 0 Å². The molecule has 1 heteroatoms. The molecule has 8 rings (SSSR count). The zero-order valence-corrected chi connectivity index (χ0v) is 23.5.